The van der Waals surface area contributed by atoms with Crippen LogP contribution in [0.1, 0.15) is 24.4 Å². The molecule has 1 atom stereocenters. The maximum Gasteiger partial charge on any atom is 0.387 e. The van der Waals surface area contributed by atoms with Crippen LogP contribution >= 0.6 is 0 Å². The molecule has 1 saturated carbocycles. The first kappa shape index (κ1) is 20.7. The van der Waals surface area contributed by atoms with E-state index in [1.54, 1.807) is 13.2 Å². The monoisotopic (exact) mass is 406 g/mol. The molecular formula is C21H24F2N2O4. The maximum atomic E-state index is 12.5. The van der Waals surface area contributed by atoms with E-state index in [9.17, 15) is 13.6 Å². The number of ether oxygens (including phenoxy) is 3. The predicted octanol–water partition coefficient (Wildman–Crippen LogP) is 3.98. The molecule has 0 radical (unpaired) electrons. The van der Waals surface area contributed by atoms with Crippen molar-refractivity contribution < 1.29 is 27.8 Å². The summed E-state index contributed by atoms with van der Waals surface area (Å²) in [5.41, 5.74) is 1.50. The molecule has 0 spiro atoms. The van der Waals surface area contributed by atoms with Crippen LogP contribution in [0.5, 0.6) is 17.2 Å². The van der Waals surface area contributed by atoms with Crippen molar-refractivity contribution in [3.8, 4) is 17.2 Å². The molecule has 1 aliphatic rings. The Morgan fingerprint density at radius 3 is 2.38 bits per heavy atom. The van der Waals surface area contributed by atoms with E-state index in [4.69, 9.17) is 9.47 Å². The fourth-order valence-electron chi connectivity index (χ4n) is 3.10. The SMILES string of the molecule is COc1ccc(C(NC(=O)CNc2ccc(OC)c(OC(F)F)c2)C2CC2)cc1. The number of nitrogens with one attached hydrogen (secondary N) is 2. The van der Waals surface area contributed by atoms with Gasteiger partial charge >= 0.3 is 6.61 Å². The first-order chi connectivity index (χ1) is 14.0. The molecule has 1 aliphatic carbocycles. The first-order valence-electron chi connectivity index (χ1n) is 9.30. The van der Waals surface area contributed by atoms with Crippen LogP contribution < -0.4 is 24.8 Å². The third kappa shape index (κ3) is 5.73. The van der Waals surface area contributed by atoms with Crippen molar-refractivity contribution in [1.29, 1.82) is 0 Å². The summed E-state index contributed by atoms with van der Waals surface area (Å²) >= 11 is 0. The molecule has 0 heterocycles. The summed E-state index contributed by atoms with van der Waals surface area (Å²) in [5.74, 6) is 1.08. The van der Waals surface area contributed by atoms with Crippen LogP contribution in [-0.4, -0.2) is 33.3 Å². The largest absolute Gasteiger partial charge is 0.497 e. The second kappa shape index (κ2) is 9.45. The van der Waals surface area contributed by atoms with Gasteiger partial charge < -0.3 is 24.8 Å². The van der Waals surface area contributed by atoms with Gasteiger partial charge in [-0.05, 0) is 48.6 Å². The average Bonchev–Trinajstić information content (AvgIpc) is 3.55. The number of rotatable bonds is 10. The number of amides is 1. The van der Waals surface area contributed by atoms with Crippen LogP contribution in [0.3, 0.4) is 0 Å². The van der Waals surface area contributed by atoms with Gasteiger partial charge in [0.25, 0.3) is 0 Å². The lowest BCUT2D eigenvalue weighted by Crippen LogP contribution is -2.34. The number of halogens is 2. The number of benzene rings is 2. The quantitative estimate of drug-likeness (QED) is 0.625. The Balaban J connectivity index is 1.60. The Hall–Kier alpha value is -3.03. The van der Waals surface area contributed by atoms with E-state index in [-0.39, 0.29) is 30.0 Å². The van der Waals surface area contributed by atoms with E-state index < -0.39 is 6.61 Å². The highest BCUT2D eigenvalue weighted by atomic mass is 19.3. The van der Waals surface area contributed by atoms with Gasteiger partial charge in [-0.2, -0.15) is 8.78 Å². The Bertz CT molecular complexity index is 826. The number of carbonyl (C=O) groups is 1. The lowest BCUT2D eigenvalue weighted by atomic mass is 10.0. The van der Waals surface area contributed by atoms with Crippen molar-refractivity contribution >= 4 is 11.6 Å². The molecule has 2 aromatic rings. The van der Waals surface area contributed by atoms with E-state index in [2.05, 4.69) is 15.4 Å². The van der Waals surface area contributed by atoms with Crippen LogP contribution in [0.4, 0.5) is 14.5 Å². The molecule has 3 rings (SSSR count). The van der Waals surface area contributed by atoms with Crippen molar-refractivity contribution in [1.82, 2.24) is 5.32 Å². The van der Waals surface area contributed by atoms with Gasteiger partial charge in [-0.15, -0.1) is 0 Å². The zero-order chi connectivity index (χ0) is 20.8. The molecule has 1 fully saturated rings. The molecular weight excluding hydrogens is 382 g/mol. The van der Waals surface area contributed by atoms with Crippen LogP contribution in [-0.2, 0) is 4.79 Å². The summed E-state index contributed by atoms with van der Waals surface area (Å²) in [5, 5.41) is 5.99. The second-order valence-corrected chi connectivity index (χ2v) is 6.75. The minimum atomic E-state index is -2.97. The molecule has 0 aromatic heterocycles. The molecule has 6 nitrogen and oxygen atoms in total. The average molecular weight is 406 g/mol. The summed E-state index contributed by atoms with van der Waals surface area (Å²) in [6.07, 6.45) is 2.13. The van der Waals surface area contributed by atoms with Crippen LogP contribution in [0.15, 0.2) is 42.5 Å². The highest BCUT2D eigenvalue weighted by Crippen LogP contribution is 2.41. The zero-order valence-electron chi connectivity index (χ0n) is 16.3. The van der Waals surface area contributed by atoms with Gasteiger partial charge in [0.15, 0.2) is 11.5 Å². The lowest BCUT2D eigenvalue weighted by molar-refractivity contribution is -0.120. The van der Waals surface area contributed by atoms with E-state index in [1.165, 1.54) is 19.2 Å². The van der Waals surface area contributed by atoms with Gasteiger partial charge in [0, 0.05) is 11.8 Å². The highest BCUT2D eigenvalue weighted by Gasteiger charge is 2.33. The number of alkyl halides is 2. The molecule has 0 aliphatic heterocycles. The number of hydrogen-bond acceptors (Lipinski definition) is 5. The van der Waals surface area contributed by atoms with Crippen molar-refractivity contribution in [2.75, 3.05) is 26.1 Å². The third-order valence-corrected chi connectivity index (χ3v) is 4.72. The van der Waals surface area contributed by atoms with Crippen LogP contribution in [0.2, 0.25) is 0 Å². The topological polar surface area (TPSA) is 68.8 Å². The van der Waals surface area contributed by atoms with Crippen LogP contribution in [0.25, 0.3) is 0 Å². The van der Waals surface area contributed by atoms with Gasteiger partial charge in [-0.25, -0.2) is 0 Å². The van der Waals surface area contributed by atoms with Crippen molar-refractivity contribution in [2.24, 2.45) is 5.92 Å². The number of carbonyl (C=O) groups excluding carboxylic acids is 1. The minimum absolute atomic E-state index is 0.000177. The second-order valence-electron chi connectivity index (χ2n) is 6.75. The highest BCUT2D eigenvalue weighted by molar-refractivity contribution is 5.81. The fourth-order valence-corrected chi connectivity index (χ4v) is 3.10. The molecule has 156 valence electrons. The lowest BCUT2D eigenvalue weighted by Gasteiger charge is -2.20. The normalized spacial score (nSPS) is 14.2. The van der Waals surface area contributed by atoms with E-state index in [0.717, 1.165) is 24.2 Å². The van der Waals surface area contributed by atoms with Gasteiger partial charge in [0.1, 0.15) is 5.75 Å². The van der Waals surface area contributed by atoms with Gasteiger partial charge in [0.05, 0.1) is 26.8 Å². The fraction of sp³-hybridized carbons (Fsp3) is 0.381. The number of methoxy groups -OCH3 is 2. The molecule has 1 unspecified atom stereocenters. The Kier molecular flexibility index (Phi) is 6.74. The van der Waals surface area contributed by atoms with Gasteiger partial charge in [-0.1, -0.05) is 12.1 Å². The van der Waals surface area contributed by atoms with Gasteiger partial charge in [0.2, 0.25) is 5.91 Å². The molecule has 8 heteroatoms. The Morgan fingerprint density at radius 1 is 1.07 bits per heavy atom. The standard InChI is InChI=1S/C21H24F2N2O4/c1-27-16-8-5-14(6-9-16)20(13-3-4-13)25-19(26)12-24-15-7-10-17(28-2)18(11-15)29-21(22)23/h5-11,13,20-21,24H,3-4,12H2,1-2H3,(H,25,26). The van der Waals surface area contributed by atoms with E-state index >= 15 is 0 Å². The number of hydrogen-bond donors (Lipinski definition) is 2. The predicted molar refractivity (Wildman–Crippen MR) is 105 cm³/mol. The van der Waals surface area contributed by atoms with E-state index in [1.807, 2.05) is 24.3 Å². The molecule has 29 heavy (non-hydrogen) atoms. The van der Waals surface area contributed by atoms with Crippen molar-refractivity contribution in [2.45, 2.75) is 25.5 Å². The molecule has 0 bridgehead atoms. The summed E-state index contributed by atoms with van der Waals surface area (Å²) in [6.45, 7) is -2.97. The van der Waals surface area contributed by atoms with E-state index in [0.29, 0.717) is 11.6 Å². The summed E-state index contributed by atoms with van der Waals surface area (Å²) < 4.78 is 39.7. The van der Waals surface area contributed by atoms with Crippen molar-refractivity contribution in [3.63, 3.8) is 0 Å². The van der Waals surface area contributed by atoms with Crippen molar-refractivity contribution in [3.05, 3.63) is 48.0 Å². The summed E-state index contributed by atoms with van der Waals surface area (Å²) in [6, 6.07) is 12.1. The van der Waals surface area contributed by atoms with Crippen LogP contribution in [0, 0.1) is 5.92 Å². The smallest absolute Gasteiger partial charge is 0.387 e. The zero-order valence-corrected chi connectivity index (χ0v) is 16.3. The molecule has 0 saturated heterocycles. The Labute approximate surface area is 168 Å². The molecule has 2 N–H and O–H groups in total. The third-order valence-electron chi connectivity index (χ3n) is 4.72. The summed E-state index contributed by atoms with van der Waals surface area (Å²) in [7, 11) is 2.98. The molecule has 1 amide bonds. The number of anilines is 1. The van der Waals surface area contributed by atoms with Gasteiger partial charge in [-0.3, -0.25) is 4.79 Å². The first-order valence-corrected chi connectivity index (χ1v) is 9.30. The Morgan fingerprint density at radius 2 is 1.79 bits per heavy atom. The minimum Gasteiger partial charge on any atom is -0.497 e. The maximum absolute atomic E-state index is 12.5. The summed E-state index contributed by atoms with van der Waals surface area (Å²) in [4.78, 5) is 12.5. The molecule has 2 aromatic carbocycles.